The summed E-state index contributed by atoms with van der Waals surface area (Å²) in [5, 5.41) is 81.6. The van der Waals surface area contributed by atoms with Gasteiger partial charge in [-0.15, -0.1) is 0 Å². The van der Waals surface area contributed by atoms with Crippen molar-refractivity contribution in [2.24, 2.45) is 5.92 Å². The zero-order valence-corrected chi connectivity index (χ0v) is 56.5. The Morgan fingerprint density at radius 2 is 1.06 bits per heavy atom. The highest BCUT2D eigenvalue weighted by Gasteiger charge is 2.59. The first-order valence-corrected chi connectivity index (χ1v) is 34.9. The van der Waals surface area contributed by atoms with E-state index in [1.54, 1.807) is 58.0 Å². The molecule has 0 aromatic heterocycles. The van der Waals surface area contributed by atoms with Gasteiger partial charge in [-0.3, -0.25) is 14.4 Å². The van der Waals surface area contributed by atoms with Gasteiger partial charge in [-0.05, 0) is 71.9 Å². The van der Waals surface area contributed by atoms with Crippen LogP contribution in [-0.4, -0.2) is 219 Å². The van der Waals surface area contributed by atoms with E-state index in [4.69, 9.17) is 66.3 Å². The number of esters is 4. The van der Waals surface area contributed by atoms with Crippen LogP contribution in [0.1, 0.15) is 203 Å². The van der Waals surface area contributed by atoms with Crippen molar-refractivity contribution in [3.8, 4) is 0 Å². The second-order valence-corrected chi connectivity index (χ2v) is 26.6. The van der Waals surface area contributed by atoms with E-state index in [2.05, 4.69) is 13.8 Å². The fourth-order valence-electron chi connectivity index (χ4n) is 12.8. The second kappa shape index (κ2) is 38.5. The van der Waals surface area contributed by atoms with Gasteiger partial charge < -0.3 is 102 Å². The molecule has 25 heteroatoms. The lowest BCUT2D eigenvalue weighted by Crippen LogP contribution is -2.68. The number of unbranched alkanes of at least 4 members (excludes halogenated alkanes) is 8. The summed E-state index contributed by atoms with van der Waals surface area (Å²) in [6, 6.07) is 8.88. The fourth-order valence-corrected chi connectivity index (χ4v) is 12.8. The van der Waals surface area contributed by atoms with E-state index < -0.39 is 183 Å². The molecule has 1 unspecified atom stereocenters. The molecule has 94 heavy (non-hydrogen) atoms. The van der Waals surface area contributed by atoms with Crippen LogP contribution in [0.15, 0.2) is 36.4 Å². The smallest absolute Gasteiger partial charge is 0.331 e. The number of ether oxygens (including phenoxy) is 14. The number of hydrogen-bond acceptors (Lipinski definition) is 25. The third-order valence-corrected chi connectivity index (χ3v) is 18.6. The molecule has 0 spiro atoms. The SMILES string of the molecule is CCCCCCCCCC(=O)O[C@H]1[C@H](O[C@@H]2[C@H]3OC(=O)CCCCCCCCCC(CCCCC)O[C@@H]4O[C@H](C)[C@H](O)[C@H](O)[C@H]4O[C@H](O[C@H]2C)[C@@H]3O)O[C@@H](C)[C@H](O[C@@H]2O[C@@H](C)[C@H](OC(=O)C(C)C)[C@@H](OC(=O)/C=C/c3ccccc3)[C@H]2O)[C@H]1O[C@@H]1O[C@@H](C)[C@H](O)[C@@H](O)[C@H]1O. The number of aliphatic hydroxyl groups excluding tert-OH is 7. The number of benzene rings is 1. The van der Waals surface area contributed by atoms with Crippen molar-refractivity contribution in [1.29, 1.82) is 0 Å². The number of fused-ring (bicyclic) bond motifs is 3. The zero-order valence-electron chi connectivity index (χ0n) is 56.5. The summed E-state index contributed by atoms with van der Waals surface area (Å²) in [5.74, 6) is -3.72. The molecule has 536 valence electrons. The largest absolute Gasteiger partial charge is 0.456 e. The lowest BCUT2D eigenvalue weighted by molar-refractivity contribution is -0.399. The van der Waals surface area contributed by atoms with Gasteiger partial charge >= 0.3 is 23.9 Å². The van der Waals surface area contributed by atoms with E-state index in [1.807, 2.05) is 0 Å². The van der Waals surface area contributed by atoms with E-state index in [1.165, 1.54) is 26.8 Å². The number of aliphatic hydroxyl groups is 7. The summed E-state index contributed by atoms with van der Waals surface area (Å²) in [6.07, 6.45) is -20.6. The standard InChI is InChI=1S/C69H110O25/c1-10-12-14-15-17-21-29-35-47(71)89-63-62(94-65-53(77)51(75)49(73)39(5)81-65)58(91-66-54(78)59(56(41(7)83-66)90-64(80)38(3)4)88-48(72)37-36-44-30-25-23-26-31-44)43(9)85-69(63)92-57-42(8)84-67-55(79)60(57)87-46(70)34-28-22-19-16-18-20-27-33-45(32-24-13-11-2)86-68-61(93-67)52(76)50(74)40(6)82-68/h23,25-26,30-31,36-43,45,49-63,65-69,73-79H,10-22,24,27-29,32-35H2,1-9H3/b37-36+/t39-,40+,41-,42-,43-,45?,49-,50-,51+,52-,53+,54+,55+,56-,57-,58-,59-,60-,61+,62+,63+,65-,66-,67-,68-,69-/m0/s1. The average molecular weight is 1340 g/mol. The monoisotopic (exact) mass is 1340 g/mol. The van der Waals surface area contributed by atoms with Gasteiger partial charge in [0.1, 0.15) is 67.1 Å². The Balaban J connectivity index is 1.26. The zero-order chi connectivity index (χ0) is 68.2. The summed E-state index contributed by atoms with van der Waals surface area (Å²) in [5.41, 5.74) is 0.663. The Kier molecular flexibility index (Phi) is 31.7. The van der Waals surface area contributed by atoms with E-state index in [0.29, 0.717) is 37.7 Å². The predicted molar refractivity (Wildman–Crippen MR) is 336 cm³/mol. The second-order valence-electron chi connectivity index (χ2n) is 26.6. The highest BCUT2D eigenvalue weighted by Crippen LogP contribution is 2.40. The Bertz CT molecular complexity index is 2440. The van der Waals surface area contributed by atoms with Gasteiger partial charge in [-0.25, -0.2) is 4.79 Å². The molecule has 1 aromatic carbocycles. The Morgan fingerprint density at radius 1 is 0.500 bits per heavy atom. The molecule has 6 heterocycles. The molecule has 0 aliphatic carbocycles. The van der Waals surface area contributed by atoms with Crippen molar-refractivity contribution in [2.75, 3.05) is 0 Å². The molecule has 0 radical (unpaired) electrons. The molecule has 6 fully saturated rings. The highest BCUT2D eigenvalue weighted by molar-refractivity contribution is 5.87. The van der Waals surface area contributed by atoms with Crippen LogP contribution in [0.3, 0.4) is 0 Å². The van der Waals surface area contributed by atoms with Crippen molar-refractivity contribution in [3.63, 3.8) is 0 Å². The van der Waals surface area contributed by atoms with Crippen molar-refractivity contribution >= 4 is 30.0 Å². The molecule has 6 aliphatic heterocycles. The first kappa shape index (κ1) is 77.5. The highest BCUT2D eigenvalue weighted by atomic mass is 16.8. The summed E-state index contributed by atoms with van der Waals surface area (Å²) >= 11 is 0. The molecular weight excluding hydrogens is 1230 g/mol. The summed E-state index contributed by atoms with van der Waals surface area (Å²) in [6.45, 7) is 15.1. The van der Waals surface area contributed by atoms with Crippen molar-refractivity contribution in [3.05, 3.63) is 42.0 Å². The number of carbonyl (C=O) groups is 4. The Hall–Kier alpha value is -3.84. The van der Waals surface area contributed by atoms with Crippen LogP contribution in [0.2, 0.25) is 0 Å². The van der Waals surface area contributed by atoms with Crippen molar-refractivity contribution < 1.29 is 121 Å². The lowest BCUT2D eigenvalue weighted by Gasteiger charge is -2.51. The van der Waals surface area contributed by atoms with Gasteiger partial charge in [-0.1, -0.05) is 154 Å². The van der Waals surface area contributed by atoms with E-state index in [0.717, 1.165) is 96.0 Å². The molecule has 6 saturated heterocycles. The molecule has 1 aromatic rings. The Morgan fingerprint density at radius 3 is 1.77 bits per heavy atom. The fraction of sp³-hybridized carbons (Fsp3) is 0.826. The lowest BCUT2D eigenvalue weighted by atomic mass is 9.95. The van der Waals surface area contributed by atoms with Crippen LogP contribution in [0, 0.1) is 5.92 Å². The molecule has 7 rings (SSSR count). The minimum Gasteiger partial charge on any atom is -0.456 e. The van der Waals surface area contributed by atoms with E-state index >= 15 is 0 Å². The minimum absolute atomic E-state index is 0.0439. The molecule has 0 saturated carbocycles. The maximum absolute atomic E-state index is 14.5. The topological polar surface area (TPSA) is 339 Å². The van der Waals surface area contributed by atoms with Crippen LogP contribution in [-0.2, 0) is 85.5 Å². The van der Waals surface area contributed by atoms with Crippen LogP contribution >= 0.6 is 0 Å². The van der Waals surface area contributed by atoms with Gasteiger partial charge in [0.25, 0.3) is 0 Å². The van der Waals surface area contributed by atoms with Crippen LogP contribution in [0.4, 0.5) is 0 Å². The third-order valence-electron chi connectivity index (χ3n) is 18.6. The van der Waals surface area contributed by atoms with Gasteiger partial charge in [0.2, 0.25) is 0 Å². The molecule has 2 bridgehead atoms. The summed E-state index contributed by atoms with van der Waals surface area (Å²) in [7, 11) is 0. The van der Waals surface area contributed by atoms with Crippen molar-refractivity contribution in [2.45, 2.75) is 357 Å². The summed E-state index contributed by atoms with van der Waals surface area (Å²) in [4.78, 5) is 55.5. The maximum atomic E-state index is 14.5. The average Bonchev–Trinajstić information content (AvgIpc) is 0.774. The van der Waals surface area contributed by atoms with Crippen LogP contribution in [0.25, 0.3) is 6.08 Å². The van der Waals surface area contributed by atoms with E-state index in [-0.39, 0.29) is 18.9 Å². The minimum atomic E-state index is -1.95. The summed E-state index contributed by atoms with van der Waals surface area (Å²) < 4.78 is 89.4. The first-order chi connectivity index (χ1) is 45.0. The molecule has 25 nitrogen and oxygen atoms in total. The maximum Gasteiger partial charge on any atom is 0.331 e. The third kappa shape index (κ3) is 21.8. The van der Waals surface area contributed by atoms with Gasteiger partial charge in [0.05, 0.1) is 42.5 Å². The molecule has 6 aliphatic rings. The van der Waals surface area contributed by atoms with E-state index in [9.17, 15) is 54.9 Å². The molecular formula is C69H110O25. The first-order valence-electron chi connectivity index (χ1n) is 34.9. The molecule has 26 atom stereocenters. The van der Waals surface area contributed by atoms with Gasteiger partial charge in [0.15, 0.2) is 55.9 Å². The van der Waals surface area contributed by atoms with Gasteiger partial charge in [0, 0.05) is 18.9 Å². The molecule has 7 N–H and O–H groups in total. The molecule has 0 amide bonds. The quantitative estimate of drug-likeness (QED) is 0.0254. The van der Waals surface area contributed by atoms with Crippen LogP contribution in [0.5, 0.6) is 0 Å². The number of carbonyl (C=O) groups excluding carboxylic acids is 4. The number of rotatable bonds is 24. The van der Waals surface area contributed by atoms with Crippen LogP contribution < -0.4 is 0 Å². The van der Waals surface area contributed by atoms with Gasteiger partial charge in [-0.2, -0.15) is 0 Å². The Labute approximate surface area is 553 Å². The number of hydrogen-bond donors (Lipinski definition) is 7. The predicted octanol–water partition coefficient (Wildman–Crippen LogP) is 6.42. The normalized spacial score (nSPS) is 39.1. The van der Waals surface area contributed by atoms with Crippen molar-refractivity contribution in [1.82, 2.24) is 0 Å².